The van der Waals surface area contributed by atoms with Crippen LogP contribution in [0.25, 0.3) is 0 Å². The molecular weight excluding hydrogens is 332 g/mol. The lowest BCUT2D eigenvalue weighted by Gasteiger charge is -2.26. The zero-order chi connectivity index (χ0) is 17.6. The number of methoxy groups -OCH3 is 1. The molecule has 7 nitrogen and oxygen atoms in total. The summed E-state index contributed by atoms with van der Waals surface area (Å²) in [5.41, 5.74) is 0.382. The first-order valence-electron chi connectivity index (χ1n) is 8.08. The molecule has 0 aliphatic carbocycles. The van der Waals surface area contributed by atoms with Crippen molar-refractivity contribution in [3.63, 3.8) is 0 Å². The van der Waals surface area contributed by atoms with Crippen molar-refractivity contribution in [1.82, 2.24) is 4.72 Å². The fraction of sp³-hybridized carbons (Fsp3) is 0.562. The molecule has 2 rings (SSSR count). The van der Waals surface area contributed by atoms with Crippen molar-refractivity contribution in [2.45, 2.75) is 43.6 Å². The van der Waals surface area contributed by atoms with E-state index in [1.807, 2.05) is 6.92 Å². The minimum atomic E-state index is -3.63. The SMILES string of the molecule is CCCC[C@H]1Oc2ccc(S(=O)(=O)NCCCOC)cc2NC1=O. The molecule has 2 N–H and O–H groups in total. The highest BCUT2D eigenvalue weighted by molar-refractivity contribution is 7.89. The van der Waals surface area contributed by atoms with Crippen LogP contribution in [0.1, 0.15) is 32.6 Å². The van der Waals surface area contributed by atoms with Gasteiger partial charge in [0.05, 0.1) is 10.6 Å². The topological polar surface area (TPSA) is 93.7 Å². The molecule has 0 saturated carbocycles. The highest BCUT2D eigenvalue weighted by atomic mass is 32.2. The number of anilines is 1. The van der Waals surface area contributed by atoms with Crippen molar-refractivity contribution < 1.29 is 22.7 Å². The predicted molar refractivity (Wildman–Crippen MR) is 90.7 cm³/mol. The molecule has 1 aliphatic heterocycles. The number of rotatable bonds is 9. The summed E-state index contributed by atoms with van der Waals surface area (Å²) in [5, 5.41) is 2.73. The van der Waals surface area contributed by atoms with Gasteiger partial charge in [-0.1, -0.05) is 13.3 Å². The lowest BCUT2D eigenvalue weighted by atomic mass is 10.1. The van der Waals surface area contributed by atoms with E-state index in [0.717, 1.165) is 12.8 Å². The van der Waals surface area contributed by atoms with E-state index < -0.39 is 16.1 Å². The number of amides is 1. The fourth-order valence-corrected chi connectivity index (χ4v) is 3.48. The molecule has 1 heterocycles. The van der Waals surface area contributed by atoms with E-state index in [1.165, 1.54) is 12.1 Å². The zero-order valence-corrected chi connectivity index (χ0v) is 14.8. The molecule has 1 atom stereocenters. The van der Waals surface area contributed by atoms with Crippen LogP contribution in [0, 0.1) is 0 Å². The van der Waals surface area contributed by atoms with Gasteiger partial charge >= 0.3 is 0 Å². The van der Waals surface area contributed by atoms with Gasteiger partial charge in [0, 0.05) is 20.3 Å². The van der Waals surface area contributed by atoms with Crippen molar-refractivity contribution in [1.29, 1.82) is 0 Å². The van der Waals surface area contributed by atoms with Crippen LogP contribution in [0.5, 0.6) is 5.75 Å². The summed E-state index contributed by atoms with van der Waals surface area (Å²) in [5.74, 6) is 0.257. The lowest BCUT2D eigenvalue weighted by molar-refractivity contribution is -0.123. The van der Waals surface area contributed by atoms with Gasteiger partial charge in [-0.05, 0) is 37.5 Å². The molecule has 0 radical (unpaired) electrons. The van der Waals surface area contributed by atoms with Crippen LogP contribution in [-0.2, 0) is 19.6 Å². The third kappa shape index (κ3) is 4.68. The number of fused-ring (bicyclic) bond motifs is 1. The second kappa shape index (κ2) is 8.46. The third-order valence-corrected chi connectivity index (χ3v) is 5.18. The molecule has 0 aromatic heterocycles. The molecule has 134 valence electrons. The van der Waals surface area contributed by atoms with Crippen LogP contribution < -0.4 is 14.8 Å². The third-order valence-electron chi connectivity index (χ3n) is 3.72. The second-order valence-electron chi connectivity index (χ2n) is 5.64. The van der Waals surface area contributed by atoms with Crippen LogP contribution in [0.2, 0.25) is 0 Å². The van der Waals surface area contributed by atoms with Gasteiger partial charge in [0.2, 0.25) is 10.0 Å². The van der Waals surface area contributed by atoms with Crippen LogP contribution >= 0.6 is 0 Å². The molecule has 0 spiro atoms. The Balaban J connectivity index is 2.09. The fourth-order valence-electron chi connectivity index (χ4n) is 2.38. The van der Waals surface area contributed by atoms with Crippen molar-refractivity contribution in [2.75, 3.05) is 25.6 Å². The van der Waals surface area contributed by atoms with E-state index in [1.54, 1.807) is 13.2 Å². The van der Waals surface area contributed by atoms with Crippen LogP contribution in [0.15, 0.2) is 23.1 Å². The van der Waals surface area contributed by atoms with Gasteiger partial charge in [-0.3, -0.25) is 4.79 Å². The summed E-state index contributed by atoms with van der Waals surface area (Å²) in [4.78, 5) is 12.1. The Morgan fingerprint density at radius 3 is 2.83 bits per heavy atom. The minimum absolute atomic E-state index is 0.0922. The standard InChI is InChI=1S/C16H24N2O5S/c1-3-4-6-15-16(19)18-13-11-12(7-8-14(13)23-15)24(20,21)17-9-5-10-22-2/h7-8,11,15,17H,3-6,9-10H2,1-2H3,(H,18,19)/t15-/m1/s1. The molecule has 1 amide bonds. The Bertz CT molecular complexity index is 675. The first kappa shape index (κ1) is 18.7. The number of hydrogen-bond acceptors (Lipinski definition) is 5. The Morgan fingerprint density at radius 2 is 2.12 bits per heavy atom. The highest BCUT2D eigenvalue weighted by Crippen LogP contribution is 2.32. The summed E-state index contributed by atoms with van der Waals surface area (Å²) in [7, 11) is -2.07. The number of benzene rings is 1. The maximum absolute atomic E-state index is 12.3. The average molecular weight is 356 g/mol. The van der Waals surface area contributed by atoms with Crippen LogP contribution in [0.3, 0.4) is 0 Å². The van der Waals surface area contributed by atoms with Gasteiger partial charge in [0.1, 0.15) is 5.75 Å². The summed E-state index contributed by atoms with van der Waals surface area (Å²) >= 11 is 0. The van der Waals surface area contributed by atoms with Crippen LogP contribution in [0.4, 0.5) is 5.69 Å². The number of carbonyl (C=O) groups is 1. The molecule has 8 heteroatoms. The van der Waals surface area contributed by atoms with E-state index in [2.05, 4.69) is 10.0 Å². The van der Waals surface area contributed by atoms with Crippen molar-refractivity contribution in [3.8, 4) is 5.75 Å². The molecule has 24 heavy (non-hydrogen) atoms. The predicted octanol–water partition coefficient (Wildman–Crippen LogP) is 1.89. The van der Waals surface area contributed by atoms with Gasteiger partial charge in [-0.15, -0.1) is 0 Å². The smallest absolute Gasteiger partial charge is 0.265 e. The molecule has 0 bridgehead atoms. The average Bonchev–Trinajstić information content (AvgIpc) is 2.56. The van der Waals surface area contributed by atoms with E-state index >= 15 is 0 Å². The molecule has 0 saturated heterocycles. The second-order valence-corrected chi connectivity index (χ2v) is 7.41. The maximum Gasteiger partial charge on any atom is 0.265 e. The molecule has 0 fully saturated rings. The first-order valence-corrected chi connectivity index (χ1v) is 9.56. The van der Waals surface area contributed by atoms with Crippen LogP contribution in [-0.4, -0.2) is 40.7 Å². The summed E-state index contributed by atoms with van der Waals surface area (Å²) < 4.78 is 37.6. The van der Waals surface area contributed by atoms with Crippen molar-refractivity contribution >= 4 is 21.6 Å². The summed E-state index contributed by atoms with van der Waals surface area (Å²) in [6.07, 6.45) is 2.58. The van der Waals surface area contributed by atoms with E-state index in [9.17, 15) is 13.2 Å². The zero-order valence-electron chi connectivity index (χ0n) is 14.0. The molecule has 1 aliphatic rings. The number of sulfonamides is 1. The molecule has 1 aromatic carbocycles. The van der Waals surface area contributed by atoms with Crippen molar-refractivity contribution in [3.05, 3.63) is 18.2 Å². The van der Waals surface area contributed by atoms with Gasteiger partial charge < -0.3 is 14.8 Å². The first-order chi connectivity index (χ1) is 11.5. The van der Waals surface area contributed by atoms with E-state index in [4.69, 9.17) is 9.47 Å². The quantitative estimate of drug-likeness (QED) is 0.659. The van der Waals surface area contributed by atoms with Gasteiger partial charge in [-0.2, -0.15) is 0 Å². The number of unbranched alkanes of at least 4 members (excludes halogenated alkanes) is 1. The minimum Gasteiger partial charge on any atom is -0.478 e. The maximum atomic E-state index is 12.3. The summed E-state index contributed by atoms with van der Waals surface area (Å²) in [6.45, 7) is 2.82. The largest absolute Gasteiger partial charge is 0.478 e. The Labute approximate surface area is 142 Å². The van der Waals surface area contributed by atoms with Gasteiger partial charge in [-0.25, -0.2) is 13.1 Å². The van der Waals surface area contributed by atoms with E-state index in [0.29, 0.717) is 30.9 Å². The summed E-state index contributed by atoms with van der Waals surface area (Å²) in [6, 6.07) is 4.48. The van der Waals surface area contributed by atoms with Crippen molar-refractivity contribution in [2.24, 2.45) is 0 Å². The molecule has 1 aromatic rings. The number of nitrogens with one attached hydrogen (secondary N) is 2. The Morgan fingerprint density at radius 1 is 1.33 bits per heavy atom. The van der Waals surface area contributed by atoms with Gasteiger partial charge in [0.15, 0.2) is 6.10 Å². The molecule has 0 unspecified atom stereocenters. The lowest BCUT2D eigenvalue weighted by Crippen LogP contribution is -2.37. The Hall–Kier alpha value is -1.64. The number of hydrogen-bond donors (Lipinski definition) is 2. The normalized spacial score (nSPS) is 17.1. The van der Waals surface area contributed by atoms with E-state index in [-0.39, 0.29) is 17.3 Å². The van der Waals surface area contributed by atoms with Gasteiger partial charge in [0.25, 0.3) is 5.91 Å². The number of ether oxygens (including phenoxy) is 2. The highest BCUT2D eigenvalue weighted by Gasteiger charge is 2.28. The molecular formula is C16H24N2O5S. The number of carbonyl (C=O) groups excluding carboxylic acids is 1. The monoisotopic (exact) mass is 356 g/mol. The Kier molecular flexibility index (Phi) is 6.59.